The van der Waals surface area contributed by atoms with Crippen LogP contribution in [0.15, 0.2) is 36.4 Å². The Labute approximate surface area is 137 Å². The van der Waals surface area contributed by atoms with Crippen LogP contribution in [0.2, 0.25) is 5.02 Å². The highest BCUT2D eigenvalue weighted by atomic mass is 35.5. The summed E-state index contributed by atoms with van der Waals surface area (Å²) in [5.74, 6) is -1.41. The van der Waals surface area contributed by atoms with Crippen molar-refractivity contribution < 1.29 is 28.0 Å². The molecule has 2 aromatic carbocycles. The molecule has 0 atom stereocenters. The molecule has 0 saturated heterocycles. The summed E-state index contributed by atoms with van der Waals surface area (Å²) in [5.41, 5.74) is -2.86. The van der Waals surface area contributed by atoms with Crippen LogP contribution in [0.5, 0.6) is 5.75 Å². The standard InChI is InChI=1S/C14H8ClF3N2O4/c15-8-1-2-12(21)11(5-8)13(22)19-9-3-7(14(16,17)18)4-10(6-9)20(23)24/h1-6,21H,(H,19,22). The van der Waals surface area contributed by atoms with Crippen LogP contribution in [-0.2, 0) is 6.18 Å². The quantitative estimate of drug-likeness (QED) is 0.633. The van der Waals surface area contributed by atoms with Gasteiger partial charge in [0.15, 0.2) is 0 Å². The zero-order valence-corrected chi connectivity index (χ0v) is 12.4. The number of carbonyl (C=O) groups excluding carboxylic acids is 1. The largest absolute Gasteiger partial charge is 0.507 e. The number of non-ortho nitro benzene ring substituents is 1. The fraction of sp³-hybridized carbons (Fsp3) is 0.0714. The van der Waals surface area contributed by atoms with E-state index in [0.717, 1.165) is 18.2 Å². The number of phenols is 1. The first-order valence-electron chi connectivity index (χ1n) is 6.24. The molecule has 0 fully saturated rings. The second-order valence-electron chi connectivity index (χ2n) is 4.64. The molecule has 2 aromatic rings. The van der Waals surface area contributed by atoms with Gasteiger partial charge in [-0.05, 0) is 24.3 Å². The number of hydrogen-bond donors (Lipinski definition) is 2. The molecule has 0 bridgehead atoms. The summed E-state index contributed by atoms with van der Waals surface area (Å²) in [5, 5.41) is 22.5. The Bertz CT molecular complexity index is 824. The van der Waals surface area contributed by atoms with Gasteiger partial charge in [-0.25, -0.2) is 0 Å². The summed E-state index contributed by atoms with van der Waals surface area (Å²) < 4.78 is 38.4. The van der Waals surface area contributed by atoms with Gasteiger partial charge in [-0.15, -0.1) is 0 Å². The highest BCUT2D eigenvalue weighted by Crippen LogP contribution is 2.34. The zero-order valence-electron chi connectivity index (χ0n) is 11.6. The maximum absolute atomic E-state index is 12.8. The maximum atomic E-state index is 12.8. The molecule has 24 heavy (non-hydrogen) atoms. The molecule has 0 radical (unpaired) electrons. The molecule has 126 valence electrons. The molecule has 0 spiro atoms. The van der Waals surface area contributed by atoms with Gasteiger partial charge < -0.3 is 10.4 Å². The van der Waals surface area contributed by atoms with Crippen LogP contribution >= 0.6 is 11.6 Å². The molecule has 0 aliphatic rings. The number of alkyl halides is 3. The minimum atomic E-state index is -4.83. The van der Waals surface area contributed by atoms with Gasteiger partial charge in [0, 0.05) is 22.8 Å². The first kappa shape index (κ1) is 17.5. The van der Waals surface area contributed by atoms with Gasteiger partial charge >= 0.3 is 6.18 Å². The number of benzene rings is 2. The Morgan fingerprint density at radius 3 is 2.46 bits per heavy atom. The lowest BCUT2D eigenvalue weighted by atomic mass is 10.1. The second kappa shape index (κ2) is 6.36. The smallest absolute Gasteiger partial charge is 0.416 e. The van der Waals surface area contributed by atoms with Gasteiger partial charge in [0.1, 0.15) is 5.75 Å². The van der Waals surface area contributed by atoms with Crippen molar-refractivity contribution in [3.63, 3.8) is 0 Å². The molecule has 10 heteroatoms. The molecule has 0 saturated carbocycles. The van der Waals surface area contributed by atoms with Gasteiger partial charge in [0.05, 0.1) is 16.1 Å². The first-order valence-corrected chi connectivity index (χ1v) is 6.62. The van der Waals surface area contributed by atoms with Crippen LogP contribution < -0.4 is 5.32 Å². The number of hydrogen-bond acceptors (Lipinski definition) is 4. The van der Waals surface area contributed by atoms with Gasteiger partial charge in [0.2, 0.25) is 0 Å². The number of aromatic hydroxyl groups is 1. The second-order valence-corrected chi connectivity index (χ2v) is 5.08. The lowest BCUT2D eigenvalue weighted by Crippen LogP contribution is -2.14. The number of rotatable bonds is 3. The van der Waals surface area contributed by atoms with E-state index in [9.17, 15) is 33.2 Å². The predicted octanol–water partition coefficient (Wildman–Crippen LogP) is 4.22. The summed E-state index contributed by atoms with van der Waals surface area (Å²) in [4.78, 5) is 21.8. The van der Waals surface area contributed by atoms with E-state index >= 15 is 0 Å². The Hall–Kier alpha value is -2.81. The van der Waals surface area contributed by atoms with Crippen molar-refractivity contribution >= 4 is 28.9 Å². The van der Waals surface area contributed by atoms with Crippen LogP contribution in [0, 0.1) is 10.1 Å². The summed E-state index contributed by atoms with van der Waals surface area (Å²) >= 11 is 5.69. The molecule has 6 nitrogen and oxygen atoms in total. The van der Waals surface area contributed by atoms with Crippen LogP contribution in [0.1, 0.15) is 15.9 Å². The first-order chi connectivity index (χ1) is 11.1. The summed E-state index contributed by atoms with van der Waals surface area (Å²) in [7, 11) is 0. The molecular formula is C14H8ClF3N2O4. The minimum Gasteiger partial charge on any atom is -0.507 e. The molecule has 2 rings (SSSR count). The van der Waals surface area contributed by atoms with Gasteiger partial charge in [-0.2, -0.15) is 13.2 Å². The molecule has 0 aromatic heterocycles. The number of nitro benzene ring substituents is 1. The van der Waals surface area contributed by atoms with E-state index < -0.39 is 39.7 Å². The monoisotopic (exact) mass is 360 g/mol. The van der Waals surface area contributed by atoms with Crippen LogP contribution in [0.25, 0.3) is 0 Å². The Morgan fingerprint density at radius 2 is 1.88 bits per heavy atom. The number of anilines is 1. The highest BCUT2D eigenvalue weighted by molar-refractivity contribution is 6.31. The zero-order chi connectivity index (χ0) is 18.1. The summed E-state index contributed by atoms with van der Waals surface area (Å²) in [6.07, 6.45) is -4.83. The predicted molar refractivity (Wildman–Crippen MR) is 79.2 cm³/mol. The van der Waals surface area contributed by atoms with E-state index in [4.69, 9.17) is 11.6 Å². The topological polar surface area (TPSA) is 92.5 Å². The lowest BCUT2D eigenvalue weighted by molar-refractivity contribution is -0.385. The average molecular weight is 361 g/mol. The van der Waals surface area contributed by atoms with Crippen molar-refractivity contribution in [1.29, 1.82) is 0 Å². The lowest BCUT2D eigenvalue weighted by Gasteiger charge is -2.11. The maximum Gasteiger partial charge on any atom is 0.416 e. The third kappa shape index (κ3) is 3.93. The Morgan fingerprint density at radius 1 is 1.21 bits per heavy atom. The third-order valence-corrected chi connectivity index (χ3v) is 3.15. The van der Waals surface area contributed by atoms with E-state index in [1.54, 1.807) is 0 Å². The fourth-order valence-corrected chi connectivity index (χ4v) is 2.01. The number of nitrogens with one attached hydrogen (secondary N) is 1. The Kier molecular flexibility index (Phi) is 4.65. The van der Waals surface area contributed by atoms with Crippen LogP contribution in [0.4, 0.5) is 24.5 Å². The van der Waals surface area contributed by atoms with E-state index in [-0.39, 0.29) is 10.6 Å². The number of phenolic OH excluding ortho intramolecular Hbond substituents is 1. The van der Waals surface area contributed by atoms with E-state index in [0.29, 0.717) is 12.1 Å². The molecule has 0 heterocycles. The SMILES string of the molecule is O=C(Nc1cc([N+](=O)[O-])cc(C(F)(F)F)c1)c1cc(Cl)ccc1O. The number of amides is 1. The number of nitrogens with zero attached hydrogens (tertiary/aromatic N) is 1. The van der Waals surface area contributed by atoms with Crippen molar-refractivity contribution in [2.75, 3.05) is 5.32 Å². The van der Waals surface area contributed by atoms with Crippen LogP contribution in [0.3, 0.4) is 0 Å². The van der Waals surface area contributed by atoms with Crippen molar-refractivity contribution in [3.8, 4) is 5.75 Å². The molecular weight excluding hydrogens is 353 g/mol. The van der Waals surface area contributed by atoms with E-state index in [1.165, 1.54) is 6.07 Å². The van der Waals surface area contributed by atoms with E-state index in [2.05, 4.69) is 5.32 Å². The molecule has 0 aliphatic heterocycles. The summed E-state index contributed by atoms with van der Waals surface area (Å²) in [6, 6.07) is 5.22. The van der Waals surface area contributed by atoms with Crippen LogP contribution in [-0.4, -0.2) is 15.9 Å². The normalized spacial score (nSPS) is 11.2. The highest BCUT2D eigenvalue weighted by Gasteiger charge is 2.33. The fourth-order valence-electron chi connectivity index (χ4n) is 1.84. The van der Waals surface area contributed by atoms with Crippen molar-refractivity contribution in [2.24, 2.45) is 0 Å². The van der Waals surface area contributed by atoms with E-state index in [1.807, 2.05) is 0 Å². The summed E-state index contributed by atoms with van der Waals surface area (Å²) in [6.45, 7) is 0. The number of halogens is 4. The van der Waals surface area contributed by atoms with Crippen molar-refractivity contribution in [2.45, 2.75) is 6.18 Å². The minimum absolute atomic E-state index is 0.118. The van der Waals surface area contributed by atoms with Crippen molar-refractivity contribution in [3.05, 3.63) is 62.7 Å². The van der Waals surface area contributed by atoms with Gasteiger partial charge in [0.25, 0.3) is 11.6 Å². The van der Waals surface area contributed by atoms with Crippen molar-refractivity contribution in [1.82, 2.24) is 0 Å². The Balaban J connectivity index is 2.41. The third-order valence-electron chi connectivity index (χ3n) is 2.92. The average Bonchev–Trinajstić information content (AvgIpc) is 2.48. The molecule has 0 unspecified atom stereocenters. The molecule has 1 amide bonds. The number of nitro groups is 1. The molecule has 0 aliphatic carbocycles. The van der Waals surface area contributed by atoms with Gasteiger partial charge in [-0.1, -0.05) is 11.6 Å². The van der Waals surface area contributed by atoms with Gasteiger partial charge in [-0.3, -0.25) is 14.9 Å². The number of carbonyl (C=O) groups is 1. The molecule has 2 N–H and O–H groups in total.